The van der Waals surface area contributed by atoms with E-state index in [-0.39, 0.29) is 5.71 Å². The Kier molecular flexibility index (Phi) is 3.68. The standard InChI is InChI=1S/C7H9F3N4OS/c1-16-6-12-3(5(11)14-15)2-4(13-6)7(8,9)10/h2,6,13,15H,1H3,(H2,11,14). The number of nitrogens with one attached hydrogen (secondary N) is 1. The first-order valence-corrected chi connectivity index (χ1v) is 5.31. The Hall–Kier alpha value is -1.38. The van der Waals surface area contributed by atoms with Gasteiger partial charge >= 0.3 is 6.18 Å². The fourth-order valence-electron chi connectivity index (χ4n) is 0.974. The van der Waals surface area contributed by atoms with Crippen molar-refractivity contribution >= 4 is 23.3 Å². The third-order valence-electron chi connectivity index (χ3n) is 1.72. The maximum Gasteiger partial charge on any atom is 0.431 e. The summed E-state index contributed by atoms with van der Waals surface area (Å²) in [5, 5.41) is 13.2. The highest BCUT2D eigenvalue weighted by atomic mass is 32.2. The molecule has 16 heavy (non-hydrogen) atoms. The first-order valence-electron chi connectivity index (χ1n) is 4.02. The summed E-state index contributed by atoms with van der Waals surface area (Å²) in [5.74, 6) is -0.456. The van der Waals surface area contributed by atoms with E-state index in [9.17, 15) is 13.2 Å². The minimum Gasteiger partial charge on any atom is -0.409 e. The second-order valence-electron chi connectivity index (χ2n) is 2.79. The van der Waals surface area contributed by atoms with Crippen LogP contribution in [0, 0.1) is 0 Å². The van der Waals surface area contributed by atoms with Crippen molar-refractivity contribution in [2.24, 2.45) is 15.9 Å². The highest BCUT2D eigenvalue weighted by molar-refractivity contribution is 7.99. The molecule has 0 aromatic carbocycles. The molecular weight excluding hydrogens is 245 g/mol. The number of nitrogens with two attached hydrogens (primary N) is 1. The number of aliphatic imine (C=N–C) groups is 1. The number of allylic oxidation sites excluding steroid dienone is 1. The maximum atomic E-state index is 12.5. The molecule has 0 aromatic rings. The highest BCUT2D eigenvalue weighted by Crippen LogP contribution is 2.27. The number of amidine groups is 1. The van der Waals surface area contributed by atoms with E-state index >= 15 is 0 Å². The van der Waals surface area contributed by atoms with Crippen LogP contribution in [0.3, 0.4) is 0 Å². The highest BCUT2D eigenvalue weighted by Gasteiger charge is 2.37. The van der Waals surface area contributed by atoms with E-state index in [1.807, 2.05) is 0 Å². The van der Waals surface area contributed by atoms with E-state index in [0.29, 0.717) is 6.08 Å². The van der Waals surface area contributed by atoms with Gasteiger partial charge in [-0.3, -0.25) is 0 Å². The summed E-state index contributed by atoms with van der Waals surface area (Å²) in [6.45, 7) is 0. The number of nitrogens with zero attached hydrogens (tertiary/aromatic N) is 2. The van der Waals surface area contributed by atoms with E-state index < -0.39 is 23.2 Å². The molecule has 0 saturated carbocycles. The van der Waals surface area contributed by atoms with Crippen LogP contribution < -0.4 is 11.1 Å². The average Bonchev–Trinajstić information content (AvgIpc) is 2.26. The number of hydrogen-bond acceptors (Lipinski definition) is 5. The molecule has 5 nitrogen and oxygen atoms in total. The number of hydrogen-bond donors (Lipinski definition) is 3. The average molecular weight is 254 g/mol. The van der Waals surface area contributed by atoms with Crippen molar-refractivity contribution in [2.75, 3.05) is 6.26 Å². The first kappa shape index (κ1) is 12.7. The van der Waals surface area contributed by atoms with Gasteiger partial charge in [0.2, 0.25) is 0 Å². The lowest BCUT2D eigenvalue weighted by atomic mass is 10.2. The number of thioether (sulfide) groups is 1. The van der Waals surface area contributed by atoms with Crippen molar-refractivity contribution in [2.45, 2.75) is 11.7 Å². The van der Waals surface area contributed by atoms with E-state index in [4.69, 9.17) is 10.9 Å². The second kappa shape index (κ2) is 4.64. The van der Waals surface area contributed by atoms with Gasteiger partial charge in [-0.2, -0.15) is 13.2 Å². The fourth-order valence-corrected chi connectivity index (χ4v) is 1.44. The van der Waals surface area contributed by atoms with Gasteiger partial charge < -0.3 is 16.3 Å². The largest absolute Gasteiger partial charge is 0.431 e. The Morgan fingerprint density at radius 3 is 2.75 bits per heavy atom. The zero-order chi connectivity index (χ0) is 12.3. The van der Waals surface area contributed by atoms with Crippen LogP contribution in [0.5, 0.6) is 0 Å². The SMILES string of the molecule is CSC1N=C(/C(N)=N/O)C=C(C(F)(F)F)N1. The number of halogens is 3. The molecule has 0 amide bonds. The van der Waals surface area contributed by atoms with Gasteiger partial charge in [0.05, 0.1) is 0 Å². The van der Waals surface area contributed by atoms with E-state index in [1.54, 1.807) is 6.26 Å². The molecule has 0 aromatic heterocycles. The van der Waals surface area contributed by atoms with Gasteiger partial charge in [-0.15, -0.1) is 11.8 Å². The zero-order valence-electron chi connectivity index (χ0n) is 8.12. The lowest BCUT2D eigenvalue weighted by molar-refractivity contribution is -0.0970. The van der Waals surface area contributed by atoms with Crippen LogP contribution in [-0.2, 0) is 0 Å². The van der Waals surface area contributed by atoms with Crippen LogP contribution in [0.2, 0.25) is 0 Å². The summed E-state index contributed by atoms with van der Waals surface area (Å²) in [6.07, 6.45) is -2.24. The molecule has 1 heterocycles. The Bertz CT molecular complexity index is 363. The summed E-state index contributed by atoms with van der Waals surface area (Å²) in [6, 6.07) is 0. The van der Waals surface area contributed by atoms with Crippen molar-refractivity contribution in [1.29, 1.82) is 0 Å². The number of oxime groups is 1. The topological polar surface area (TPSA) is 83.0 Å². The molecular formula is C7H9F3N4OS. The second-order valence-corrected chi connectivity index (χ2v) is 3.71. The molecule has 1 aliphatic heterocycles. The molecule has 0 spiro atoms. The Labute approximate surface area is 93.3 Å². The summed E-state index contributed by atoms with van der Waals surface area (Å²) >= 11 is 1.07. The summed E-state index contributed by atoms with van der Waals surface area (Å²) in [7, 11) is 0. The van der Waals surface area contributed by atoms with Gasteiger partial charge in [-0.1, -0.05) is 5.16 Å². The monoisotopic (exact) mass is 254 g/mol. The molecule has 90 valence electrons. The lowest BCUT2D eigenvalue weighted by Crippen LogP contribution is -2.39. The molecule has 0 fully saturated rings. The lowest BCUT2D eigenvalue weighted by Gasteiger charge is -2.23. The fraction of sp³-hybridized carbons (Fsp3) is 0.429. The van der Waals surface area contributed by atoms with Gasteiger partial charge in [0.25, 0.3) is 0 Å². The molecule has 0 bridgehead atoms. The molecule has 0 radical (unpaired) electrons. The van der Waals surface area contributed by atoms with Gasteiger partial charge in [-0.25, -0.2) is 4.99 Å². The van der Waals surface area contributed by atoms with Crippen LogP contribution in [0.4, 0.5) is 13.2 Å². The summed E-state index contributed by atoms with van der Waals surface area (Å²) < 4.78 is 37.4. The Morgan fingerprint density at radius 2 is 2.31 bits per heavy atom. The third-order valence-corrected chi connectivity index (χ3v) is 2.38. The molecule has 4 N–H and O–H groups in total. The van der Waals surface area contributed by atoms with Crippen LogP contribution in [0.1, 0.15) is 0 Å². The molecule has 1 rings (SSSR count). The van der Waals surface area contributed by atoms with Crippen molar-refractivity contribution in [3.63, 3.8) is 0 Å². The Morgan fingerprint density at radius 1 is 1.69 bits per heavy atom. The van der Waals surface area contributed by atoms with Crippen molar-refractivity contribution < 1.29 is 18.4 Å². The third kappa shape index (κ3) is 2.81. The van der Waals surface area contributed by atoms with E-state index in [1.165, 1.54) is 0 Å². The number of rotatable bonds is 2. The molecule has 1 atom stereocenters. The van der Waals surface area contributed by atoms with Crippen LogP contribution in [-0.4, -0.2) is 34.7 Å². The molecule has 1 aliphatic rings. The zero-order valence-corrected chi connectivity index (χ0v) is 8.93. The maximum absolute atomic E-state index is 12.5. The van der Waals surface area contributed by atoms with Gasteiger partial charge in [-0.05, 0) is 12.3 Å². The minimum absolute atomic E-state index is 0.201. The normalized spacial score (nSPS) is 22.2. The van der Waals surface area contributed by atoms with E-state index in [2.05, 4.69) is 15.5 Å². The molecule has 0 aliphatic carbocycles. The van der Waals surface area contributed by atoms with Gasteiger partial charge in [0.15, 0.2) is 11.3 Å². The quantitative estimate of drug-likeness (QED) is 0.295. The molecule has 9 heteroatoms. The van der Waals surface area contributed by atoms with Crippen LogP contribution in [0.25, 0.3) is 0 Å². The van der Waals surface area contributed by atoms with Crippen LogP contribution >= 0.6 is 11.8 Å². The van der Waals surface area contributed by atoms with Gasteiger partial charge in [0.1, 0.15) is 11.4 Å². The molecule has 0 saturated heterocycles. The smallest absolute Gasteiger partial charge is 0.409 e. The predicted octanol–water partition coefficient (Wildman–Crippen LogP) is 0.870. The first-order chi connectivity index (χ1) is 7.38. The van der Waals surface area contributed by atoms with Crippen molar-refractivity contribution in [3.8, 4) is 0 Å². The number of alkyl halides is 3. The van der Waals surface area contributed by atoms with Crippen molar-refractivity contribution in [3.05, 3.63) is 11.8 Å². The molecule has 1 unspecified atom stereocenters. The van der Waals surface area contributed by atoms with Crippen molar-refractivity contribution in [1.82, 2.24) is 5.32 Å². The van der Waals surface area contributed by atoms with Crippen LogP contribution in [0.15, 0.2) is 21.9 Å². The van der Waals surface area contributed by atoms with Gasteiger partial charge in [0, 0.05) is 0 Å². The van der Waals surface area contributed by atoms with E-state index in [0.717, 1.165) is 11.8 Å². The Balaban J connectivity index is 3.07. The summed E-state index contributed by atoms with van der Waals surface area (Å²) in [4.78, 5) is 3.81. The minimum atomic E-state index is -4.52. The summed E-state index contributed by atoms with van der Waals surface area (Å²) in [5.41, 5.74) is 3.21. The predicted molar refractivity (Wildman–Crippen MR) is 55.4 cm³/mol.